The largest absolute Gasteiger partial charge is 0.350 e. The molecule has 0 radical (unpaired) electrons. The quantitative estimate of drug-likeness (QED) is 0.834. The maximum Gasteiger partial charge on any atom is 0.252 e. The van der Waals surface area contributed by atoms with Crippen molar-refractivity contribution in [1.82, 2.24) is 10.3 Å². The van der Waals surface area contributed by atoms with E-state index in [0.29, 0.717) is 12.1 Å². The minimum absolute atomic E-state index is 0.126. The van der Waals surface area contributed by atoms with E-state index in [4.69, 9.17) is 5.73 Å². The fraction of sp³-hybridized carbons (Fsp3) is 0.250. The van der Waals surface area contributed by atoms with Crippen LogP contribution in [-0.4, -0.2) is 23.0 Å². The van der Waals surface area contributed by atoms with Crippen molar-refractivity contribution in [2.24, 2.45) is 5.73 Å². The van der Waals surface area contributed by atoms with Crippen molar-refractivity contribution in [3.63, 3.8) is 0 Å². The van der Waals surface area contributed by atoms with Crippen molar-refractivity contribution in [2.75, 3.05) is 6.54 Å². The van der Waals surface area contributed by atoms with Crippen molar-refractivity contribution in [3.8, 4) is 0 Å². The summed E-state index contributed by atoms with van der Waals surface area (Å²) in [6, 6.07) is 11.3. The molecule has 0 spiro atoms. The average Bonchev–Trinajstić information content (AvgIpc) is 2.47. The number of benzene rings is 1. The molecule has 0 saturated carbocycles. The van der Waals surface area contributed by atoms with Gasteiger partial charge in [0.15, 0.2) is 0 Å². The lowest BCUT2D eigenvalue weighted by molar-refractivity contribution is 0.0943. The second-order valence-corrected chi connectivity index (χ2v) is 7.56. The number of amides is 1. The van der Waals surface area contributed by atoms with Gasteiger partial charge in [0, 0.05) is 27.6 Å². The molecule has 0 fully saturated rings. The monoisotopic (exact) mass is 379 g/mol. The predicted molar refractivity (Wildman–Crippen MR) is 93.1 cm³/mol. The van der Waals surface area contributed by atoms with Crippen molar-refractivity contribution in [1.29, 1.82) is 0 Å². The summed E-state index contributed by atoms with van der Waals surface area (Å²) in [6.45, 7) is 4.17. The average molecular weight is 380 g/mol. The van der Waals surface area contributed by atoms with Crippen LogP contribution in [0, 0.1) is 0 Å². The van der Waals surface area contributed by atoms with Gasteiger partial charge >= 0.3 is 0 Å². The Labute approximate surface area is 143 Å². The van der Waals surface area contributed by atoms with Crippen LogP contribution in [0.4, 0.5) is 0 Å². The molecule has 0 aliphatic heterocycles. The predicted octanol–water partition coefficient (Wildman–Crippen LogP) is 3.46. The molecule has 116 valence electrons. The molecule has 1 aromatic carbocycles. The van der Waals surface area contributed by atoms with E-state index >= 15 is 0 Å². The van der Waals surface area contributed by atoms with Gasteiger partial charge in [-0.25, -0.2) is 4.98 Å². The van der Waals surface area contributed by atoms with Crippen LogP contribution in [0.1, 0.15) is 24.2 Å². The Hall–Kier alpha value is -1.37. The number of hydrogen-bond donors (Lipinski definition) is 2. The molecule has 0 aliphatic rings. The Kier molecular flexibility index (Phi) is 5.61. The number of hydrogen-bond acceptors (Lipinski definition) is 4. The molecule has 0 atom stereocenters. The molecule has 22 heavy (non-hydrogen) atoms. The highest BCUT2D eigenvalue weighted by atomic mass is 79.9. The normalized spacial score (nSPS) is 11.3. The first-order chi connectivity index (χ1) is 10.3. The topological polar surface area (TPSA) is 68.0 Å². The molecule has 6 heteroatoms. The number of rotatable bonds is 5. The number of carbonyl (C=O) groups is 1. The minimum atomic E-state index is -0.439. The molecule has 0 bridgehead atoms. The first-order valence-corrected chi connectivity index (χ1v) is 8.42. The summed E-state index contributed by atoms with van der Waals surface area (Å²) in [7, 11) is 0. The first-order valence-electron chi connectivity index (χ1n) is 6.81. The lowest BCUT2D eigenvalue weighted by atomic mass is 10.1. The van der Waals surface area contributed by atoms with E-state index in [-0.39, 0.29) is 5.91 Å². The zero-order chi connectivity index (χ0) is 16.2. The molecule has 0 aliphatic carbocycles. The Morgan fingerprint density at radius 2 is 2.05 bits per heavy atom. The van der Waals surface area contributed by atoms with Crippen LogP contribution in [0.3, 0.4) is 0 Å². The number of nitrogens with zero attached hydrogens (tertiary/aromatic N) is 1. The van der Waals surface area contributed by atoms with Gasteiger partial charge < -0.3 is 11.1 Å². The second-order valence-electron chi connectivity index (χ2n) is 5.58. The third kappa shape index (κ3) is 5.12. The fourth-order valence-electron chi connectivity index (χ4n) is 1.68. The summed E-state index contributed by atoms with van der Waals surface area (Å²) < 4.78 is 0.924. The molecule has 0 saturated heterocycles. The van der Waals surface area contributed by atoms with Gasteiger partial charge in [-0.3, -0.25) is 4.79 Å². The Balaban J connectivity index is 2.16. The molecular formula is C16H18BrN3OS. The fourth-order valence-corrected chi connectivity index (χ4v) is 2.80. The summed E-state index contributed by atoms with van der Waals surface area (Å²) in [6.07, 6.45) is 1.74. The maximum absolute atomic E-state index is 12.3. The zero-order valence-electron chi connectivity index (χ0n) is 12.5. The second kappa shape index (κ2) is 7.26. The molecule has 2 rings (SSSR count). The smallest absolute Gasteiger partial charge is 0.252 e. The van der Waals surface area contributed by atoms with Gasteiger partial charge in [0.25, 0.3) is 5.91 Å². The van der Waals surface area contributed by atoms with Crippen LogP contribution in [0.25, 0.3) is 0 Å². The zero-order valence-corrected chi connectivity index (χ0v) is 14.9. The van der Waals surface area contributed by atoms with Crippen LogP contribution in [0.5, 0.6) is 0 Å². The van der Waals surface area contributed by atoms with Crippen LogP contribution in [0.2, 0.25) is 0 Å². The molecule has 3 N–H and O–H groups in total. The highest BCUT2D eigenvalue weighted by molar-refractivity contribution is 9.10. The number of carbonyl (C=O) groups excluding carboxylic acids is 1. The van der Waals surface area contributed by atoms with Crippen molar-refractivity contribution < 1.29 is 4.79 Å². The number of halogens is 1. The summed E-state index contributed by atoms with van der Waals surface area (Å²) >= 11 is 4.82. The third-order valence-corrected chi connectivity index (χ3v) is 4.25. The van der Waals surface area contributed by atoms with E-state index in [1.807, 2.05) is 44.2 Å². The summed E-state index contributed by atoms with van der Waals surface area (Å²) in [5, 5.41) is 3.70. The van der Waals surface area contributed by atoms with E-state index in [1.54, 1.807) is 12.3 Å². The lowest BCUT2D eigenvalue weighted by Gasteiger charge is -2.19. The number of nitrogens with one attached hydrogen (secondary N) is 1. The lowest BCUT2D eigenvalue weighted by Crippen LogP contribution is -2.45. The van der Waals surface area contributed by atoms with E-state index in [2.05, 4.69) is 26.2 Å². The van der Waals surface area contributed by atoms with Gasteiger partial charge in [0.1, 0.15) is 5.03 Å². The van der Waals surface area contributed by atoms with Gasteiger partial charge in [-0.05, 0) is 54.0 Å². The van der Waals surface area contributed by atoms with Crippen molar-refractivity contribution in [2.45, 2.75) is 29.3 Å². The summed E-state index contributed by atoms with van der Waals surface area (Å²) in [5.41, 5.74) is 6.09. The highest BCUT2D eigenvalue weighted by Crippen LogP contribution is 2.29. The maximum atomic E-state index is 12.3. The Morgan fingerprint density at radius 1 is 1.32 bits per heavy atom. The SMILES string of the molecule is CC(C)(N)CNC(=O)c1ccccc1Sc1ccc(Br)cn1. The highest BCUT2D eigenvalue weighted by Gasteiger charge is 2.16. The molecular weight excluding hydrogens is 362 g/mol. The molecule has 1 heterocycles. The van der Waals surface area contributed by atoms with E-state index in [0.717, 1.165) is 14.4 Å². The molecule has 1 aromatic heterocycles. The number of nitrogens with two attached hydrogens (primary N) is 1. The molecule has 0 unspecified atom stereocenters. The van der Waals surface area contributed by atoms with Crippen LogP contribution >= 0.6 is 27.7 Å². The number of pyridine rings is 1. The van der Waals surface area contributed by atoms with Gasteiger partial charge in [0.05, 0.1) is 5.56 Å². The Morgan fingerprint density at radius 3 is 2.68 bits per heavy atom. The van der Waals surface area contributed by atoms with Crippen molar-refractivity contribution >= 4 is 33.6 Å². The van der Waals surface area contributed by atoms with Crippen LogP contribution < -0.4 is 11.1 Å². The molecule has 1 amide bonds. The van der Waals surface area contributed by atoms with Gasteiger partial charge in [0.2, 0.25) is 0 Å². The first kappa shape index (κ1) is 17.0. The standard InChI is InChI=1S/C16H18BrN3OS/c1-16(2,18)10-20-15(21)12-5-3-4-6-13(12)22-14-8-7-11(17)9-19-14/h3-9H,10,18H2,1-2H3,(H,20,21). The molecule has 2 aromatic rings. The van der Waals surface area contributed by atoms with Crippen LogP contribution in [0.15, 0.2) is 57.0 Å². The Bertz CT molecular complexity index is 653. The van der Waals surface area contributed by atoms with E-state index in [9.17, 15) is 4.79 Å². The van der Waals surface area contributed by atoms with Gasteiger partial charge in [-0.2, -0.15) is 0 Å². The summed E-state index contributed by atoms with van der Waals surface area (Å²) in [4.78, 5) is 17.5. The third-order valence-electron chi connectivity index (χ3n) is 2.75. The summed E-state index contributed by atoms with van der Waals surface area (Å²) in [5.74, 6) is -0.126. The van der Waals surface area contributed by atoms with Gasteiger partial charge in [-0.15, -0.1) is 0 Å². The minimum Gasteiger partial charge on any atom is -0.350 e. The van der Waals surface area contributed by atoms with E-state index < -0.39 is 5.54 Å². The molecule has 4 nitrogen and oxygen atoms in total. The number of aromatic nitrogens is 1. The van der Waals surface area contributed by atoms with Gasteiger partial charge in [-0.1, -0.05) is 23.9 Å². The van der Waals surface area contributed by atoms with E-state index in [1.165, 1.54) is 11.8 Å². The van der Waals surface area contributed by atoms with Crippen LogP contribution in [-0.2, 0) is 0 Å². The van der Waals surface area contributed by atoms with Crippen molar-refractivity contribution in [3.05, 3.63) is 52.6 Å².